The molecule has 24 heavy (non-hydrogen) atoms. The van der Waals surface area contributed by atoms with Crippen LogP contribution in [0.25, 0.3) is 22.0 Å². The molecule has 3 aromatic rings. The normalized spacial score (nSPS) is 11.7. The molecular weight excluding hydrogens is 345 g/mol. The number of fused-ring (bicyclic) bond motifs is 1. The Morgan fingerprint density at radius 3 is 2.67 bits per heavy atom. The summed E-state index contributed by atoms with van der Waals surface area (Å²) in [6, 6.07) is 4.06. The number of aromatic nitrogens is 3. The lowest BCUT2D eigenvalue weighted by Gasteiger charge is -2.11. The third-order valence-electron chi connectivity index (χ3n) is 3.45. The lowest BCUT2D eigenvalue weighted by atomic mass is 10.0. The van der Waals surface area contributed by atoms with Gasteiger partial charge in [-0.05, 0) is 12.1 Å². The van der Waals surface area contributed by atoms with E-state index in [0.29, 0.717) is 11.8 Å². The van der Waals surface area contributed by atoms with Gasteiger partial charge in [0.2, 0.25) is 5.95 Å². The molecule has 0 bridgehead atoms. The molecule has 3 rings (SSSR count). The molecule has 9 heteroatoms. The van der Waals surface area contributed by atoms with Gasteiger partial charge in [0.15, 0.2) is 0 Å². The number of nitrogens with zero attached hydrogens (tertiary/aromatic N) is 2. The third-order valence-corrected chi connectivity index (χ3v) is 3.73. The molecule has 0 aliphatic heterocycles. The smallest absolute Gasteiger partial charge is 0.357 e. The highest BCUT2D eigenvalue weighted by Crippen LogP contribution is 2.35. The largest absolute Gasteiger partial charge is 0.418 e. The van der Waals surface area contributed by atoms with Gasteiger partial charge in [0, 0.05) is 29.6 Å². The summed E-state index contributed by atoms with van der Waals surface area (Å²) >= 11 is 6.06. The highest BCUT2D eigenvalue weighted by atomic mass is 35.5. The summed E-state index contributed by atoms with van der Waals surface area (Å²) in [5.41, 5.74) is -0.916. The van der Waals surface area contributed by atoms with Crippen molar-refractivity contribution in [2.24, 2.45) is 0 Å². The molecule has 1 aromatic carbocycles. The van der Waals surface area contributed by atoms with Gasteiger partial charge < -0.3 is 10.3 Å². The Morgan fingerprint density at radius 2 is 2.00 bits per heavy atom. The molecule has 124 valence electrons. The monoisotopic (exact) mass is 354 g/mol. The number of anilines is 1. The average molecular weight is 355 g/mol. The molecule has 0 aliphatic rings. The van der Waals surface area contributed by atoms with Crippen LogP contribution in [0.3, 0.4) is 0 Å². The summed E-state index contributed by atoms with van der Waals surface area (Å²) in [4.78, 5) is 22.0. The first-order valence-corrected chi connectivity index (χ1v) is 7.12. The summed E-state index contributed by atoms with van der Waals surface area (Å²) in [6.07, 6.45) is -2.59. The SMILES string of the molecule is CNc1ncc(Cl)c(-c2ccc3c(=O)[nH]cc(C(F)(F)F)c3c2)n1. The number of hydrogen-bond acceptors (Lipinski definition) is 4. The van der Waals surface area contributed by atoms with Crippen LogP contribution < -0.4 is 10.9 Å². The number of pyridine rings is 1. The molecule has 0 aliphatic carbocycles. The number of hydrogen-bond donors (Lipinski definition) is 2. The lowest BCUT2D eigenvalue weighted by Crippen LogP contribution is -2.13. The maximum Gasteiger partial charge on any atom is 0.418 e. The van der Waals surface area contributed by atoms with Crippen molar-refractivity contribution in [2.45, 2.75) is 6.18 Å². The average Bonchev–Trinajstić information content (AvgIpc) is 2.54. The number of nitrogens with one attached hydrogen (secondary N) is 2. The second-order valence-corrected chi connectivity index (χ2v) is 5.34. The van der Waals surface area contributed by atoms with Crippen molar-refractivity contribution < 1.29 is 13.2 Å². The van der Waals surface area contributed by atoms with E-state index in [0.717, 1.165) is 0 Å². The lowest BCUT2D eigenvalue weighted by molar-refractivity contribution is -0.136. The Labute approximate surface area is 138 Å². The summed E-state index contributed by atoms with van der Waals surface area (Å²) in [7, 11) is 1.61. The molecule has 2 aromatic heterocycles. The molecule has 2 N–H and O–H groups in total. The quantitative estimate of drug-likeness (QED) is 0.736. The van der Waals surface area contributed by atoms with E-state index in [1.165, 1.54) is 24.4 Å². The number of aromatic amines is 1. The Hall–Kier alpha value is -2.61. The molecule has 2 heterocycles. The highest BCUT2D eigenvalue weighted by molar-refractivity contribution is 6.33. The third kappa shape index (κ3) is 2.80. The van der Waals surface area contributed by atoms with Gasteiger partial charge >= 0.3 is 6.18 Å². The predicted octanol–water partition coefficient (Wildman–Crippen LogP) is 3.70. The summed E-state index contributed by atoms with van der Waals surface area (Å²) < 4.78 is 39.6. The van der Waals surface area contributed by atoms with Crippen molar-refractivity contribution in [3.05, 3.63) is 51.5 Å². The Bertz CT molecular complexity index is 985. The molecular formula is C15H10ClF3N4O. The van der Waals surface area contributed by atoms with Gasteiger partial charge in [0.1, 0.15) is 0 Å². The van der Waals surface area contributed by atoms with E-state index in [4.69, 9.17) is 11.6 Å². The summed E-state index contributed by atoms with van der Waals surface area (Å²) in [5.74, 6) is 0.274. The maximum absolute atomic E-state index is 13.2. The van der Waals surface area contributed by atoms with E-state index in [-0.39, 0.29) is 27.4 Å². The minimum absolute atomic E-state index is 0.0624. The van der Waals surface area contributed by atoms with Crippen molar-refractivity contribution in [3.8, 4) is 11.3 Å². The van der Waals surface area contributed by atoms with Gasteiger partial charge in [-0.2, -0.15) is 13.2 Å². The zero-order chi connectivity index (χ0) is 17.5. The van der Waals surface area contributed by atoms with E-state index in [1.54, 1.807) is 7.05 Å². The number of benzene rings is 1. The van der Waals surface area contributed by atoms with Crippen LogP contribution in [0, 0.1) is 0 Å². The number of halogens is 4. The fourth-order valence-electron chi connectivity index (χ4n) is 2.33. The Balaban J connectivity index is 2.31. The zero-order valence-electron chi connectivity index (χ0n) is 12.2. The van der Waals surface area contributed by atoms with Crippen LogP contribution in [0.4, 0.5) is 19.1 Å². The van der Waals surface area contributed by atoms with Gasteiger partial charge in [-0.3, -0.25) is 4.79 Å². The van der Waals surface area contributed by atoms with Crippen molar-refractivity contribution >= 4 is 28.3 Å². The van der Waals surface area contributed by atoms with Gasteiger partial charge in [-0.15, -0.1) is 0 Å². The highest BCUT2D eigenvalue weighted by Gasteiger charge is 2.33. The predicted molar refractivity (Wildman–Crippen MR) is 85.2 cm³/mol. The first-order valence-electron chi connectivity index (χ1n) is 6.74. The van der Waals surface area contributed by atoms with E-state index in [9.17, 15) is 18.0 Å². The van der Waals surface area contributed by atoms with E-state index in [2.05, 4.69) is 20.3 Å². The second-order valence-electron chi connectivity index (χ2n) is 4.93. The first-order chi connectivity index (χ1) is 11.3. The molecule has 5 nitrogen and oxygen atoms in total. The van der Waals surface area contributed by atoms with Crippen LogP contribution in [0.5, 0.6) is 0 Å². The minimum Gasteiger partial charge on any atom is -0.357 e. The fraction of sp³-hybridized carbons (Fsp3) is 0.133. The fourth-order valence-corrected chi connectivity index (χ4v) is 2.53. The second kappa shape index (κ2) is 5.79. The van der Waals surface area contributed by atoms with Crippen LogP contribution in [0.2, 0.25) is 5.02 Å². The minimum atomic E-state index is -4.60. The van der Waals surface area contributed by atoms with Crippen LogP contribution in [-0.2, 0) is 6.18 Å². The van der Waals surface area contributed by atoms with Crippen LogP contribution >= 0.6 is 11.6 Å². The molecule has 0 saturated carbocycles. The zero-order valence-corrected chi connectivity index (χ0v) is 13.0. The molecule has 0 atom stereocenters. The van der Waals surface area contributed by atoms with Crippen LogP contribution in [0.15, 0.2) is 35.4 Å². The number of rotatable bonds is 2. The van der Waals surface area contributed by atoms with E-state index in [1.807, 2.05) is 0 Å². The van der Waals surface area contributed by atoms with Gasteiger partial charge in [0.05, 0.1) is 22.5 Å². The topological polar surface area (TPSA) is 70.7 Å². The Kier molecular flexibility index (Phi) is 3.92. The maximum atomic E-state index is 13.2. The summed E-state index contributed by atoms with van der Waals surface area (Å²) in [6.45, 7) is 0. The van der Waals surface area contributed by atoms with Crippen LogP contribution in [0.1, 0.15) is 5.56 Å². The number of H-pyrrole nitrogens is 1. The van der Waals surface area contributed by atoms with Crippen molar-refractivity contribution in [1.82, 2.24) is 15.0 Å². The Morgan fingerprint density at radius 1 is 1.25 bits per heavy atom. The first kappa shape index (κ1) is 16.3. The van der Waals surface area contributed by atoms with Gasteiger partial charge in [0.25, 0.3) is 5.56 Å². The molecule has 0 spiro atoms. The molecule has 0 radical (unpaired) electrons. The van der Waals surface area contributed by atoms with E-state index >= 15 is 0 Å². The van der Waals surface area contributed by atoms with E-state index < -0.39 is 17.3 Å². The van der Waals surface area contributed by atoms with Crippen molar-refractivity contribution in [1.29, 1.82) is 0 Å². The van der Waals surface area contributed by atoms with Crippen molar-refractivity contribution in [3.63, 3.8) is 0 Å². The van der Waals surface area contributed by atoms with Crippen molar-refractivity contribution in [2.75, 3.05) is 12.4 Å². The van der Waals surface area contributed by atoms with Crippen LogP contribution in [-0.4, -0.2) is 22.0 Å². The standard InChI is InChI=1S/C15H10ClF3N4O/c1-20-14-22-6-11(16)12(23-14)7-2-3-8-9(4-7)10(15(17,18)19)5-21-13(8)24/h2-6H,1H3,(H,21,24)(H,20,22,23). The molecule has 0 amide bonds. The molecule has 0 unspecified atom stereocenters. The molecule has 0 fully saturated rings. The van der Waals surface area contributed by atoms with Gasteiger partial charge in [-0.25, -0.2) is 9.97 Å². The van der Waals surface area contributed by atoms with Gasteiger partial charge in [-0.1, -0.05) is 17.7 Å². The number of alkyl halides is 3. The summed E-state index contributed by atoms with van der Waals surface area (Å²) in [5, 5.41) is 2.64. The molecule has 0 saturated heterocycles.